The number of esters is 1. The van der Waals surface area contributed by atoms with Gasteiger partial charge in [-0.1, -0.05) is 56.3 Å². The minimum Gasteiger partial charge on any atom is -0.465 e. The molecule has 180 valence electrons. The van der Waals surface area contributed by atoms with E-state index in [0.717, 1.165) is 11.1 Å². The van der Waals surface area contributed by atoms with Crippen molar-refractivity contribution in [1.82, 2.24) is 9.55 Å². The van der Waals surface area contributed by atoms with Crippen LogP contribution in [0.2, 0.25) is 0 Å². The Morgan fingerprint density at radius 1 is 1.09 bits per heavy atom. The Bertz CT molecular complexity index is 1090. The van der Waals surface area contributed by atoms with Crippen molar-refractivity contribution in [2.45, 2.75) is 26.7 Å². The molecule has 2 atom stereocenters. The van der Waals surface area contributed by atoms with Gasteiger partial charge in [0.1, 0.15) is 12.1 Å². The molecule has 8 nitrogen and oxygen atoms in total. The second kappa shape index (κ2) is 10.6. The number of carbonyl (C=O) groups is 2. The summed E-state index contributed by atoms with van der Waals surface area (Å²) in [5.41, 5.74) is 6.51. The number of nitrogens with zero attached hydrogens (tertiary/aromatic N) is 2. The highest BCUT2D eigenvalue weighted by Crippen LogP contribution is 2.44. The number of primary amides is 1. The Labute approximate surface area is 203 Å². The van der Waals surface area contributed by atoms with Crippen molar-refractivity contribution in [1.29, 1.82) is 0 Å². The fourth-order valence-electron chi connectivity index (χ4n) is 3.76. The SMILES string of the molecule is CCOC(=O)C(C(C)(C)CCl)C(OC(N)=O)(Oc1ccc(-c2ccccc2)cc1)n1ccnc1. The van der Waals surface area contributed by atoms with Crippen LogP contribution in [0.5, 0.6) is 5.75 Å². The number of alkyl halides is 1. The van der Waals surface area contributed by atoms with Crippen LogP contribution in [0.1, 0.15) is 20.8 Å². The van der Waals surface area contributed by atoms with Gasteiger partial charge in [0.15, 0.2) is 5.92 Å². The van der Waals surface area contributed by atoms with Gasteiger partial charge in [-0.2, -0.15) is 0 Å². The molecule has 0 aliphatic rings. The highest BCUT2D eigenvalue weighted by Gasteiger charge is 2.58. The summed E-state index contributed by atoms with van der Waals surface area (Å²) < 4.78 is 18.6. The Kier molecular flexibility index (Phi) is 7.83. The lowest BCUT2D eigenvalue weighted by Crippen LogP contribution is -2.58. The number of nitrogens with two attached hydrogens (primary N) is 1. The smallest absolute Gasteiger partial charge is 0.409 e. The third kappa shape index (κ3) is 5.34. The van der Waals surface area contributed by atoms with Crippen molar-refractivity contribution in [3.63, 3.8) is 0 Å². The second-order valence-electron chi connectivity index (χ2n) is 8.32. The first-order chi connectivity index (χ1) is 16.2. The molecule has 2 unspecified atom stereocenters. The number of hydrogen-bond donors (Lipinski definition) is 1. The average Bonchev–Trinajstić information content (AvgIpc) is 3.35. The number of ether oxygens (including phenoxy) is 3. The van der Waals surface area contributed by atoms with E-state index in [-0.39, 0.29) is 12.5 Å². The van der Waals surface area contributed by atoms with E-state index in [9.17, 15) is 9.59 Å². The zero-order valence-electron chi connectivity index (χ0n) is 19.3. The number of imidazole rings is 1. The summed E-state index contributed by atoms with van der Waals surface area (Å²) in [7, 11) is 0. The molecule has 0 bridgehead atoms. The molecule has 0 spiro atoms. The minimum absolute atomic E-state index is 0.0331. The van der Waals surface area contributed by atoms with Crippen molar-refractivity contribution in [2.75, 3.05) is 12.5 Å². The largest absolute Gasteiger partial charge is 0.465 e. The van der Waals surface area contributed by atoms with Crippen molar-refractivity contribution < 1.29 is 23.8 Å². The molecule has 1 heterocycles. The van der Waals surface area contributed by atoms with E-state index < -0.39 is 29.3 Å². The molecule has 0 aliphatic heterocycles. The lowest BCUT2D eigenvalue weighted by molar-refractivity contribution is -0.261. The molecular formula is C25H28ClN3O5. The number of rotatable bonds is 10. The Morgan fingerprint density at radius 3 is 2.26 bits per heavy atom. The van der Waals surface area contributed by atoms with Gasteiger partial charge in [-0.05, 0) is 30.2 Å². The van der Waals surface area contributed by atoms with Gasteiger partial charge in [-0.15, -0.1) is 11.6 Å². The van der Waals surface area contributed by atoms with Gasteiger partial charge in [0.25, 0.3) is 0 Å². The van der Waals surface area contributed by atoms with Crippen LogP contribution in [0.4, 0.5) is 4.79 Å². The summed E-state index contributed by atoms with van der Waals surface area (Å²) in [5.74, 6) is -3.56. The van der Waals surface area contributed by atoms with Gasteiger partial charge in [-0.3, -0.25) is 9.36 Å². The van der Waals surface area contributed by atoms with Gasteiger partial charge >= 0.3 is 18.0 Å². The van der Waals surface area contributed by atoms with Crippen LogP contribution in [-0.2, 0) is 20.2 Å². The first-order valence-corrected chi connectivity index (χ1v) is 11.3. The number of amides is 1. The lowest BCUT2D eigenvalue weighted by Gasteiger charge is -2.44. The maximum atomic E-state index is 13.3. The molecule has 9 heteroatoms. The predicted molar refractivity (Wildman–Crippen MR) is 128 cm³/mol. The number of carbonyl (C=O) groups excluding carboxylic acids is 2. The summed E-state index contributed by atoms with van der Waals surface area (Å²) in [5, 5.41) is 0. The predicted octanol–water partition coefficient (Wildman–Crippen LogP) is 4.78. The first-order valence-electron chi connectivity index (χ1n) is 10.8. The van der Waals surface area contributed by atoms with Crippen LogP contribution in [0.25, 0.3) is 11.1 Å². The van der Waals surface area contributed by atoms with Crippen LogP contribution in [0.3, 0.4) is 0 Å². The molecule has 0 radical (unpaired) electrons. The topological polar surface area (TPSA) is 106 Å². The zero-order chi connectivity index (χ0) is 24.8. The van der Waals surface area contributed by atoms with E-state index in [1.165, 1.54) is 23.3 Å². The molecular weight excluding hydrogens is 458 g/mol. The molecule has 1 amide bonds. The first kappa shape index (κ1) is 25.1. The van der Waals surface area contributed by atoms with Crippen molar-refractivity contribution in [2.24, 2.45) is 17.1 Å². The molecule has 0 fully saturated rings. The van der Waals surface area contributed by atoms with Crippen LogP contribution in [0, 0.1) is 11.3 Å². The minimum atomic E-state index is -2.05. The molecule has 2 N–H and O–H groups in total. The number of benzene rings is 2. The quantitative estimate of drug-likeness (QED) is 0.251. The molecule has 3 rings (SSSR count). The number of hydrogen-bond acceptors (Lipinski definition) is 6. The van der Waals surface area contributed by atoms with E-state index in [1.54, 1.807) is 32.9 Å². The Hall–Kier alpha value is -3.52. The molecule has 3 aromatic rings. The zero-order valence-corrected chi connectivity index (χ0v) is 20.1. The molecule has 2 aromatic carbocycles. The monoisotopic (exact) mass is 485 g/mol. The summed E-state index contributed by atoms with van der Waals surface area (Å²) in [6.07, 6.45) is 3.21. The van der Waals surface area contributed by atoms with E-state index in [2.05, 4.69) is 4.98 Å². The van der Waals surface area contributed by atoms with Crippen molar-refractivity contribution in [3.8, 4) is 16.9 Å². The molecule has 0 aliphatic carbocycles. The van der Waals surface area contributed by atoms with Crippen LogP contribution in [0.15, 0.2) is 73.3 Å². The van der Waals surface area contributed by atoms with Gasteiger partial charge in [-0.25, -0.2) is 9.78 Å². The third-order valence-electron chi connectivity index (χ3n) is 5.35. The molecule has 1 aromatic heterocycles. The van der Waals surface area contributed by atoms with E-state index in [0.29, 0.717) is 5.75 Å². The summed E-state index contributed by atoms with van der Waals surface area (Å²) in [6, 6.07) is 17.0. The fourth-order valence-corrected chi connectivity index (χ4v) is 3.91. The molecule has 0 saturated carbocycles. The number of aromatic nitrogens is 2. The molecule has 34 heavy (non-hydrogen) atoms. The fraction of sp³-hybridized carbons (Fsp3) is 0.320. The van der Waals surface area contributed by atoms with Gasteiger partial charge in [0.05, 0.1) is 6.61 Å². The maximum absolute atomic E-state index is 13.3. The summed E-state index contributed by atoms with van der Waals surface area (Å²) in [6.45, 7) is 5.29. The van der Waals surface area contributed by atoms with Crippen molar-refractivity contribution in [3.05, 3.63) is 73.3 Å². The van der Waals surface area contributed by atoms with E-state index >= 15 is 0 Å². The number of halogens is 1. The standard InChI is InChI=1S/C25H28ClN3O5/c1-4-32-22(30)21(24(2,3)16-26)25(34-23(27)31,29-15-14-28-17-29)33-20-12-10-19(11-13-20)18-8-6-5-7-9-18/h5-15,17,21H,4,16H2,1-3H3,(H2,27,31). The van der Waals surface area contributed by atoms with E-state index in [1.807, 2.05) is 42.5 Å². The Balaban J connectivity index is 2.14. The second-order valence-corrected chi connectivity index (χ2v) is 8.59. The highest BCUT2D eigenvalue weighted by molar-refractivity contribution is 6.18. The summed E-state index contributed by atoms with van der Waals surface area (Å²) >= 11 is 6.27. The van der Waals surface area contributed by atoms with Crippen molar-refractivity contribution >= 4 is 23.7 Å². The van der Waals surface area contributed by atoms with Crippen LogP contribution < -0.4 is 10.5 Å². The van der Waals surface area contributed by atoms with Gasteiger partial charge in [0, 0.05) is 23.7 Å². The van der Waals surface area contributed by atoms with Crippen LogP contribution in [-0.4, -0.2) is 34.1 Å². The Morgan fingerprint density at radius 2 is 1.74 bits per heavy atom. The normalized spacial score (nSPS) is 14.0. The third-order valence-corrected chi connectivity index (χ3v) is 6.04. The van der Waals surface area contributed by atoms with Crippen LogP contribution >= 0.6 is 11.6 Å². The highest BCUT2D eigenvalue weighted by atomic mass is 35.5. The van der Waals surface area contributed by atoms with Gasteiger partial charge < -0.3 is 19.9 Å². The lowest BCUT2D eigenvalue weighted by atomic mass is 9.77. The van der Waals surface area contributed by atoms with E-state index in [4.69, 9.17) is 31.5 Å². The van der Waals surface area contributed by atoms with Gasteiger partial charge in [0.2, 0.25) is 0 Å². The average molecular weight is 486 g/mol. The maximum Gasteiger partial charge on any atom is 0.409 e. The molecule has 0 saturated heterocycles. The summed E-state index contributed by atoms with van der Waals surface area (Å²) in [4.78, 5) is 29.5.